The van der Waals surface area contributed by atoms with Crippen molar-refractivity contribution < 1.29 is 8.78 Å². The van der Waals surface area contributed by atoms with E-state index in [0.717, 1.165) is 11.3 Å². The molecule has 0 spiro atoms. The zero-order valence-corrected chi connectivity index (χ0v) is 8.05. The summed E-state index contributed by atoms with van der Waals surface area (Å²) >= 11 is 6.49. The molecule has 68 valence electrons. The molecule has 1 aromatic heterocycles. The number of alkyl halides is 1. The number of hydrogen-bond acceptors (Lipinski definition) is 1. The van der Waals surface area contributed by atoms with Crippen molar-refractivity contribution in [2.75, 3.05) is 0 Å². The van der Waals surface area contributed by atoms with Crippen LogP contribution >= 0.6 is 22.9 Å². The van der Waals surface area contributed by atoms with Gasteiger partial charge in [0.25, 0.3) is 0 Å². The monoisotopic (exact) mass is 218 g/mol. The van der Waals surface area contributed by atoms with Crippen LogP contribution in [0.5, 0.6) is 0 Å². The van der Waals surface area contributed by atoms with Crippen LogP contribution in [0.2, 0.25) is 0 Å². The minimum absolute atomic E-state index is 0.122. The molecule has 2 rings (SSSR count). The van der Waals surface area contributed by atoms with Gasteiger partial charge < -0.3 is 0 Å². The second kappa shape index (κ2) is 3.24. The van der Waals surface area contributed by atoms with Crippen LogP contribution in [0.4, 0.5) is 8.78 Å². The minimum atomic E-state index is -0.352. The first-order valence-electron chi connectivity index (χ1n) is 3.65. The summed E-state index contributed by atoms with van der Waals surface area (Å²) in [4.78, 5) is 0. The van der Waals surface area contributed by atoms with E-state index in [1.54, 1.807) is 6.07 Å². The summed E-state index contributed by atoms with van der Waals surface area (Å²) in [6, 6.07) is 4.19. The van der Waals surface area contributed by atoms with Crippen molar-refractivity contribution >= 4 is 33.0 Å². The standard InChI is InChI=1S/C9H5ClF2S/c10-4-7-6-2-1-5(11)3-8(6)13-9(7)12/h1-3H,4H2. The lowest BCUT2D eigenvalue weighted by molar-refractivity contribution is 0.630. The van der Waals surface area contributed by atoms with Crippen molar-refractivity contribution in [3.05, 3.63) is 34.7 Å². The van der Waals surface area contributed by atoms with E-state index in [1.165, 1.54) is 12.1 Å². The topological polar surface area (TPSA) is 0 Å². The van der Waals surface area contributed by atoms with Gasteiger partial charge in [-0.25, -0.2) is 4.39 Å². The SMILES string of the molecule is Fc1ccc2c(CCl)c(F)sc2c1. The second-order valence-corrected chi connectivity index (χ2v) is 3.90. The summed E-state index contributed by atoms with van der Waals surface area (Å²) in [5.41, 5.74) is 0.460. The summed E-state index contributed by atoms with van der Waals surface area (Å²) in [5, 5.41) is 0.384. The third-order valence-electron chi connectivity index (χ3n) is 1.84. The Morgan fingerprint density at radius 1 is 1.31 bits per heavy atom. The molecule has 0 aliphatic carbocycles. The smallest absolute Gasteiger partial charge is 0.182 e. The molecular weight excluding hydrogens is 214 g/mol. The fourth-order valence-corrected chi connectivity index (χ4v) is 2.53. The van der Waals surface area contributed by atoms with Gasteiger partial charge in [0.05, 0.1) is 5.88 Å². The largest absolute Gasteiger partial charge is 0.207 e. The summed E-state index contributed by atoms with van der Waals surface area (Å²) < 4.78 is 26.5. The molecule has 0 unspecified atom stereocenters. The third-order valence-corrected chi connectivity index (χ3v) is 3.09. The molecule has 0 saturated carbocycles. The number of thiophene rings is 1. The van der Waals surface area contributed by atoms with Gasteiger partial charge in [-0.05, 0) is 12.1 Å². The van der Waals surface area contributed by atoms with Gasteiger partial charge in [0.1, 0.15) is 5.82 Å². The number of benzene rings is 1. The predicted octanol–water partition coefficient (Wildman–Crippen LogP) is 3.92. The third kappa shape index (κ3) is 1.42. The fraction of sp³-hybridized carbons (Fsp3) is 0.111. The lowest BCUT2D eigenvalue weighted by Crippen LogP contribution is -1.78. The van der Waals surface area contributed by atoms with Crippen LogP contribution in [0.1, 0.15) is 5.56 Å². The molecule has 1 aromatic carbocycles. The molecule has 0 nitrogen and oxygen atoms in total. The van der Waals surface area contributed by atoms with Gasteiger partial charge in [-0.3, -0.25) is 0 Å². The number of rotatable bonds is 1. The average molecular weight is 219 g/mol. The molecule has 0 bridgehead atoms. The Hall–Kier alpha value is -0.670. The molecule has 0 saturated heterocycles. The summed E-state index contributed by atoms with van der Waals surface area (Å²) in [5.74, 6) is -0.229. The van der Waals surface area contributed by atoms with Crippen molar-refractivity contribution in [3.8, 4) is 0 Å². The van der Waals surface area contributed by atoms with Crippen molar-refractivity contribution in [2.45, 2.75) is 5.88 Å². The first-order valence-corrected chi connectivity index (χ1v) is 5.00. The second-order valence-electron chi connectivity index (χ2n) is 2.63. The van der Waals surface area contributed by atoms with Gasteiger partial charge in [-0.2, -0.15) is 4.39 Å². The Morgan fingerprint density at radius 2 is 2.08 bits per heavy atom. The molecule has 0 aliphatic heterocycles. The molecule has 13 heavy (non-hydrogen) atoms. The molecular formula is C9H5ClF2S. The van der Waals surface area contributed by atoms with Crippen LogP contribution in [0.15, 0.2) is 18.2 Å². The van der Waals surface area contributed by atoms with Gasteiger partial charge in [-0.15, -0.1) is 22.9 Å². The molecule has 1 heterocycles. The van der Waals surface area contributed by atoms with E-state index in [-0.39, 0.29) is 16.8 Å². The molecule has 0 amide bonds. The van der Waals surface area contributed by atoms with Crippen LogP contribution in [0, 0.1) is 10.9 Å². The Labute approximate surface area is 82.8 Å². The molecule has 4 heteroatoms. The molecule has 2 aromatic rings. The Kier molecular flexibility index (Phi) is 2.22. The molecule has 0 N–H and O–H groups in total. The minimum Gasteiger partial charge on any atom is -0.207 e. The van der Waals surface area contributed by atoms with Crippen LogP contribution in [-0.2, 0) is 5.88 Å². The maximum absolute atomic E-state index is 13.1. The van der Waals surface area contributed by atoms with Crippen molar-refractivity contribution in [1.29, 1.82) is 0 Å². The van der Waals surface area contributed by atoms with Crippen molar-refractivity contribution in [3.63, 3.8) is 0 Å². The normalized spacial score (nSPS) is 11.0. The predicted molar refractivity (Wildman–Crippen MR) is 51.3 cm³/mol. The Balaban J connectivity index is 2.79. The van der Waals surface area contributed by atoms with Gasteiger partial charge in [-0.1, -0.05) is 6.07 Å². The molecule has 0 aliphatic rings. The average Bonchev–Trinajstić information content (AvgIpc) is 2.39. The van der Waals surface area contributed by atoms with Gasteiger partial charge in [0.15, 0.2) is 5.13 Å². The highest BCUT2D eigenvalue weighted by Crippen LogP contribution is 2.31. The van der Waals surface area contributed by atoms with E-state index >= 15 is 0 Å². The van der Waals surface area contributed by atoms with Crippen molar-refractivity contribution in [1.82, 2.24) is 0 Å². The lowest BCUT2D eigenvalue weighted by Gasteiger charge is -1.92. The highest BCUT2D eigenvalue weighted by molar-refractivity contribution is 7.17. The number of hydrogen-bond donors (Lipinski definition) is 0. The number of fused-ring (bicyclic) bond motifs is 1. The van der Waals surface area contributed by atoms with Gasteiger partial charge in [0, 0.05) is 15.6 Å². The molecule has 0 atom stereocenters. The summed E-state index contributed by atoms with van der Waals surface area (Å²) in [7, 11) is 0. The zero-order valence-electron chi connectivity index (χ0n) is 6.48. The van der Waals surface area contributed by atoms with E-state index in [9.17, 15) is 8.78 Å². The number of halogens is 3. The molecule has 0 radical (unpaired) electrons. The van der Waals surface area contributed by atoms with E-state index in [4.69, 9.17) is 11.6 Å². The van der Waals surface area contributed by atoms with E-state index in [2.05, 4.69) is 0 Å². The highest BCUT2D eigenvalue weighted by Gasteiger charge is 2.10. The van der Waals surface area contributed by atoms with Crippen LogP contribution in [0.3, 0.4) is 0 Å². The van der Waals surface area contributed by atoms with Gasteiger partial charge in [0.2, 0.25) is 0 Å². The Morgan fingerprint density at radius 3 is 2.77 bits per heavy atom. The summed E-state index contributed by atoms with van der Waals surface area (Å²) in [6.45, 7) is 0. The first-order chi connectivity index (χ1) is 6.22. The van der Waals surface area contributed by atoms with Crippen LogP contribution < -0.4 is 0 Å². The maximum atomic E-state index is 13.1. The van der Waals surface area contributed by atoms with E-state index < -0.39 is 0 Å². The highest BCUT2D eigenvalue weighted by atomic mass is 35.5. The maximum Gasteiger partial charge on any atom is 0.182 e. The lowest BCUT2D eigenvalue weighted by atomic mass is 10.2. The summed E-state index contributed by atoms with van der Waals surface area (Å²) in [6.07, 6.45) is 0. The molecule has 0 fully saturated rings. The fourth-order valence-electron chi connectivity index (χ4n) is 1.22. The first kappa shape index (κ1) is 8.91. The van der Waals surface area contributed by atoms with Crippen molar-refractivity contribution in [2.24, 2.45) is 0 Å². The van der Waals surface area contributed by atoms with Crippen LogP contribution in [-0.4, -0.2) is 0 Å². The zero-order chi connectivity index (χ0) is 9.42. The quantitative estimate of drug-likeness (QED) is 0.637. The van der Waals surface area contributed by atoms with E-state index in [1.807, 2.05) is 0 Å². The van der Waals surface area contributed by atoms with Crippen LogP contribution in [0.25, 0.3) is 10.1 Å². The van der Waals surface area contributed by atoms with Gasteiger partial charge >= 0.3 is 0 Å². The van der Waals surface area contributed by atoms with E-state index in [0.29, 0.717) is 15.6 Å². The Bertz CT molecular complexity index is 450.